The Hall–Kier alpha value is -1.60. The van der Waals surface area contributed by atoms with Gasteiger partial charge in [0.25, 0.3) is 5.91 Å². The number of anilines is 1. The lowest BCUT2D eigenvalue weighted by Crippen LogP contribution is -2.30. The van der Waals surface area contributed by atoms with E-state index in [1.165, 1.54) is 11.3 Å². The first-order valence-corrected chi connectivity index (χ1v) is 6.51. The van der Waals surface area contributed by atoms with E-state index in [4.69, 9.17) is 17.3 Å². The molecule has 0 saturated heterocycles. The number of nitrogen functional groups attached to an aromatic ring is 1. The quantitative estimate of drug-likeness (QED) is 0.896. The summed E-state index contributed by atoms with van der Waals surface area (Å²) in [4.78, 5) is 18.6. The Morgan fingerprint density at radius 1 is 1.61 bits per heavy atom. The number of amides is 1. The van der Waals surface area contributed by atoms with Gasteiger partial charge in [0.15, 0.2) is 0 Å². The normalized spacial score (nSPS) is 10.6. The third-order valence-electron chi connectivity index (χ3n) is 2.35. The number of carbonyl (C=O) groups excluding carboxylic acids is 1. The molecule has 6 nitrogen and oxygen atoms in total. The van der Waals surface area contributed by atoms with Gasteiger partial charge in [-0.1, -0.05) is 11.6 Å². The first-order valence-electron chi connectivity index (χ1n) is 5.31. The molecule has 0 fully saturated rings. The zero-order valence-corrected chi connectivity index (χ0v) is 11.3. The number of nitrogens with zero attached hydrogens (tertiary/aromatic N) is 3. The average molecular weight is 286 g/mol. The second-order valence-corrected chi connectivity index (χ2v) is 5.37. The molecule has 8 heteroatoms. The number of carbonyl (C=O) groups is 1. The van der Waals surface area contributed by atoms with Crippen molar-refractivity contribution >= 4 is 34.8 Å². The molecular formula is C10H12ClN5OS. The van der Waals surface area contributed by atoms with Crippen LogP contribution in [0, 0.1) is 0 Å². The van der Waals surface area contributed by atoms with Crippen LogP contribution in [0.15, 0.2) is 12.1 Å². The van der Waals surface area contributed by atoms with Crippen molar-refractivity contribution in [2.24, 2.45) is 0 Å². The predicted octanol–water partition coefficient (Wildman–Crippen LogP) is 1.76. The van der Waals surface area contributed by atoms with Crippen LogP contribution < -0.4 is 5.73 Å². The molecule has 3 N–H and O–H groups in total. The average Bonchev–Trinajstić information content (AvgIpc) is 2.94. The molecule has 0 bridgehead atoms. The summed E-state index contributed by atoms with van der Waals surface area (Å²) in [7, 11) is 0. The van der Waals surface area contributed by atoms with Crippen LogP contribution in [0.1, 0.15) is 22.4 Å². The number of nitrogens with two attached hydrogens (primary N) is 1. The number of hydrogen-bond donors (Lipinski definition) is 2. The maximum Gasteiger partial charge on any atom is 0.291 e. The van der Waals surface area contributed by atoms with Gasteiger partial charge < -0.3 is 10.6 Å². The molecule has 96 valence electrons. The van der Waals surface area contributed by atoms with Gasteiger partial charge in [-0.2, -0.15) is 4.98 Å². The maximum absolute atomic E-state index is 12.1. The standard InChI is InChI=1S/C10H12ClN5OS/c1-2-16(5-6-3-4-7(11)18-6)9(17)8-13-10(12)15-14-8/h3-4H,2,5H2,1H3,(H3,12,13,14,15). The highest BCUT2D eigenvalue weighted by Crippen LogP contribution is 2.23. The summed E-state index contributed by atoms with van der Waals surface area (Å²) in [5.74, 6) is -0.0169. The fourth-order valence-electron chi connectivity index (χ4n) is 1.47. The van der Waals surface area contributed by atoms with Gasteiger partial charge >= 0.3 is 0 Å². The topological polar surface area (TPSA) is 87.9 Å². The summed E-state index contributed by atoms with van der Waals surface area (Å²) in [5, 5.41) is 6.15. The Kier molecular flexibility index (Phi) is 3.83. The molecule has 0 unspecified atom stereocenters. The summed E-state index contributed by atoms with van der Waals surface area (Å²) >= 11 is 7.31. The Morgan fingerprint density at radius 3 is 2.89 bits per heavy atom. The lowest BCUT2D eigenvalue weighted by atomic mass is 10.4. The highest BCUT2D eigenvalue weighted by Gasteiger charge is 2.18. The minimum Gasteiger partial charge on any atom is -0.366 e. The lowest BCUT2D eigenvalue weighted by Gasteiger charge is -2.18. The summed E-state index contributed by atoms with van der Waals surface area (Å²) in [6, 6.07) is 3.71. The number of hydrogen-bond acceptors (Lipinski definition) is 5. The van der Waals surface area contributed by atoms with Gasteiger partial charge in [-0.05, 0) is 19.1 Å². The molecular weight excluding hydrogens is 274 g/mol. The van der Waals surface area contributed by atoms with Crippen molar-refractivity contribution in [1.29, 1.82) is 0 Å². The van der Waals surface area contributed by atoms with Gasteiger partial charge in [-0.15, -0.1) is 16.4 Å². The van der Waals surface area contributed by atoms with E-state index >= 15 is 0 Å². The maximum atomic E-state index is 12.1. The summed E-state index contributed by atoms with van der Waals surface area (Å²) in [6.45, 7) is 2.95. The first-order chi connectivity index (χ1) is 8.60. The van der Waals surface area contributed by atoms with E-state index < -0.39 is 0 Å². The minimum absolute atomic E-state index is 0.0635. The van der Waals surface area contributed by atoms with Gasteiger partial charge in [-0.3, -0.25) is 9.89 Å². The van der Waals surface area contributed by atoms with Crippen molar-refractivity contribution in [1.82, 2.24) is 20.1 Å². The van der Waals surface area contributed by atoms with E-state index in [1.807, 2.05) is 19.1 Å². The van der Waals surface area contributed by atoms with Gasteiger partial charge in [-0.25, -0.2) is 0 Å². The molecule has 18 heavy (non-hydrogen) atoms. The molecule has 0 spiro atoms. The van der Waals surface area contributed by atoms with E-state index in [1.54, 1.807) is 4.90 Å². The van der Waals surface area contributed by atoms with Crippen LogP contribution in [0.3, 0.4) is 0 Å². The van der Waals surface area contributed by atoms with Crippen molar-refractivity contribution < 1.29 is 4.79 Å². The molecule has 0 atom stereocenters. The van der Waals surface area contributed by atoms with Gasteiger partial charge in [0.2, 0.25) is 11.8 Å². The Balaban J connectivity index is 2.11. The van der Waals surface area contributed by atoms with Gasteiger partial charge in [0, 0.05) is 11.4 Å². The molecule has 0 aromatic carbocycles. The Morgan fingerprint density at radius 2 is 2.39 bits per heavy atom. The van der Waals surface area contributed by atoms with Crippen molar-refractivity contribution in [3.8, 4) is 0 Å². The molecule has 2 heterocycles. The van der Waals surface area contributed by atoms with Crippen molar-refractivity contribution in [3.05, 3.63) is 27.2 Å². The summed E-state index contributed by atoms with van der Waals surface area (Å²) in [5.41, 5.74) is 5.37. The van der Waals surface area contributed by atoms with E-state index in [0.717, 1.165) is 4.88 Å². The summed E-state index contributed by atoms with van der Waals surface area (Å²) < 4.78 is 0.706. The largest absolute Gasteiger partial charge is 0.366 e. The van der Waals surface area contributed by atoms with E-state index in [-0.39, 0.29) is 17.7 Å². The van der Waals surface area contributed by atoms with Crippen LogP contribution in [-0.4, -0.2) is 32.5 Å². The second kappa shape index (κ2) is 5.36. The number of nitrogens with one attached hydrogen (secondary N) is 1. The molecule has 2 rings (SSSR count). The molecule has 2 aromatic heterocycles. The molecule has 0 saturated carbocycles. The second-order valence-electron chi connectivity index (χ2n) is 3.57. The van der Waals surface area contributed by atoms with E-state index in [2.05, 4.69) is 15.2 Å². The SMILES string of the molecule is CCN(Cc1ccc(Cl)s1)C(=O)c1nc(N)n[nH]1. The zero-order chi connectivity index (χ0) is 13.1. The van der Waals surface area contributed by atoms with Crippen LogP contribution in [-0.2, 0) is 6.54 Å². The Bertz CT molecular complexity index is 552. The Labute approximate surface area is 113 Å². The van der Waals surface area contributed by atoms with Crippen LogP contribution in [0.4, 0.5) is 5.95 Å². The van der Waals surface area contributed by atoms with Crippen molar-refractivity contribution in [3.63, 3.8) is 0 Å². The molecule has 1 amide bonds. The number of aromatic amines is 1. The molecule has 0 aliphatic rings. The van der Waals surface area contributed by atoms with E-state index in [0.29, 0.717) is 17.4 Å². The highest BCUT2D eigenvalue weighted by atomic mass is 35.5. The number of thiophene rings is 1. The zero-order valence-electron chi connectivity index (χ0n) is 9.68. The predicted molar refractivity (Wildman–Crippen MR) is 70.5 cm³/mol. The van der Waals surface area contributed by atoms with Crippen molar-refractivity contribution in [2.75, 3.05) is 12.3 Å². The monoisotopic (exact) mass is 285 g/mol. The van der Waals surface area contributed by atoms with Gasteiger partial charge in [0.05, 0.1) is 10.9 Å². The number of rotatable bonds is 4. The minimum atomic E-state index is -0.230. The molecule has 0 radical (unpaired) electrons. The third kappa shape index (κ3) is 2.80. The van der Waals surface area contributed by atoms with Crippen molar-refractivity contribution in [2.45, 2.75) is 13.5 Å². The van der Waals surface area contributed by atoms with Crippen LogP contribution >= 0.6 is 22.9 Å². The van der Waals surface area contributed by atoms with Crippen LogP contribution in [0.25, 0.3) is 0 Å². The lowest BCUT2D eigenvalue weighted by molar-refractivity contribution is 0.0742. The molecule has 0 aliphatic carbocycles. The number of halogens is 1. The first kappa shape index (κ1) is 12.8. The smallest absolute Gasteiger partial charge is 0.291 e. The highest BCUT2D eigenvalue weighted by molar-refractivity contribution is 7.16. The van der Waals surface area contributed by atoms with E-state index in [9.17, 15) is 4.79 Å². The third-order valence-corrected chi connectivity index (χ3v) is 3.57. The molecule has 0 aliphatic heterocycles. The number of H-pyrrole nitrogens is 1. The van der Waals surface area contributed by atoms with Crippen LogP contribution in [0.2, 0.25) is 4.34 Å². The van der Waals surface area contributed by atoms with Crippen LogP contribution in [0.5, 0.6) is 0 Å². The molecule has 2 aromatic rings. The fourth-order valence-corrected chi connectivity index (χ4v) is 2.58. The van der Waals surface area contributed by atoms with Gasteiger partial charge in [0.1, 0.15) is 0 Å². The fraction of sp³-hybridized carbons (Fsp3) is 0.300. The summed E-state index contributed by atoms with van der Waals surface area (Å²) in [6.07, 6.45) is 0. The number of aromatic nitrogens is 3.